The zero-order chi connectivity index (χ0) is 45.0. The molecule has 0 bridgehead atoms. The number of benzene rings is 9. The van der Waals surface area contributed by atoms with Gasteiger partial charge in [-0.2, -0.15) is 10.5 Å². The molecule has 0 amide bonds. The van der Waals surface area contributed by atoms with Crippen LogP contribution in [0.1, 0.15) is 22.3 Å². The lowest BCUT2D eigenvalue weighted by Gasteiger charge is -2.27. The van der Waals surface area contributed by atoms with Gasteiger partial charge in [0, 0.05) is 47.5 Å². The molecule has 0 radical (unpaired) electrons. The first kappa shape index (κ1) is 38.7. The molecular formula is C62H36N4S2. The van der Waals surface area contributed by atoms with E-state index in [1.54, 1.807) is 0 Å². The molecule has 0 spiro atoms. The fourth-order valence-electron chi connectivity index (χ4n) is 11.3. The second-order valence-corrected chi connectivity index (χ2v) is 19.7. The van der Waals surface area contributed by atoms with Gasteiger partial charge in [-0.15, -0.1) is 22.7 Å². The number of nitrogens with zero attached hydrogens (tertiary/aromatic N) is 4. The Labute approximate surface area is 399 Å². The van der Waals surface area contributed by atoms with E-state index in [2.05, 4.69) is 173 Å². The maximum Gasteiger partial charge on any atom is 0.102 e. The lowest BCUT2D eigenvalue weighted by molar-refractivity contribution is 0.949. The molecule has 6 heteroatoms. The van der Waals surface area contributed by atoms with Crippen molar-refractivity contribution < 1.29 is 0 Å². The van der Waals surface area contributed by atoms with Gasteiger partial charge < -0.3 is 9.13 Å². The third-order valence-electron chi connectivity index (χ3n) is 14.1. The molecule has 0 saturated heterocycles. The van der Waals surface area contributed by atoms with Crippen molar-refractivity contribution in [2.24, 2.45) is 0 Å². The number of fused-ring (bicyclic) bond motifs is 14. The highest BCUT2D eigenvalue weighted by Gasteiger charge is 2.36. The standard InChI is InChI=1S/C62H36N4S2/c63-35-49-55(38-18-6-2-7-19-38)50(36-64)58(56(39-20-8-3-9-21-39)57(49)65-51-25-13-10-22-41(51)42-29-28-40(34-52(42)65)37-16-4-1-5-17-37)66-59-45(30-32-47-43-23-11-14-26-53(43)67-61(47)59)46-31-33-48-44-24-12-15-27-54(44)68-62(48)60(46)66/h1-30,32,34H,31,33H2. The smallest absolute Gasteiger partial charge is 0.102 e. The van der Waals surface area contributed by atoms with Crippen molar-refractivity contribution in [1.29, 1.82) is 10.5 Å². The Hall–Kier alpha value is -8.52. The highest BCUT2D eigenvalue weighted by atomic mass is 32.1. The van der Waals surface area contributed by atoms with E-state index in [1.165, 1.54) is 51.6 Å². The quantitative estimate of drug-likeness (QED) is 0.173. The van der Waals surface area contributed by atoms with Gasteiger partial charge in [-0.05, 0) is 75.9 Å². The minimum atomic E-state index is 0.447. The Morgan fingerprint density at radius 1 is 0.397 bits per heavy atom. The van der Waals surface area contributed by atoms with E-state index < -0.39 is 0 Å². The van der Waals surface area contributed by atoms with Crippen LogP contribution in [0, 0.1) is 22.7 Å². The average Bonchev–Trinajstić information content (AvgIpc) is 4.16. The number of hydrogen-bond acceptors (Lipinski definition) is 4. The molecule has 316 valence electrons. The molecule has 9 aromatic carbocycles. The Bertz CT molecular complexity index is 4330. The number of para-hydroxylation sites is 1. The molecular weight excluding hydrogens is 865 g/mol. The lowest BCUT2D eigenvalue weighted by atomic mass is 9.86. The second-order valence-electron chi connectivity index (χ2n) is 17.6. The normalized spacial score (nSPS) is 12.3. The molecule has 14 rings (SSSR count). The van der Waals surface area contributed by atoms with Crippen molar-refractivity contribution in [3.8, 4) is 67.5 Å². The molecule has 13 aromatic rings. The molecule has 1 aliphatic rings. The van der Waals surface area contributed by atoms with E-state index in [4.69, 9.17) is 0 Å². The zero-order valence-electron chi connectivity index (χ0n) is 36.5. The van der Waals surface area contributed by atoms with Crippen molar-refractivity contribution in [1.82, 2.24) is 9.13 Å². The summed E-state index contributed by atoms with van der Waals surface area (Å²) in [5.41, 5.74) is 14.6. The van der Waals surface area contributed by atoms with E-state index in [1.807, 2.05) is 65.1 Å². The SMILES string of the molecule is N#Cc1c(-c2ccccc2)c(C#N)c(-n2c3ccccc3c3ccc(-c4ccccc4)cc32)c(-c2ccccc2)c1-n1c2c(c3ccc4c5ccccc5sc4c31)CCc1c-2sc2ccccc12. The van der Waals surface area contributed by atoms with Gasteiger partial charge >= 0.3 is 0 Å². The van der Waals surface area contributed by atoms with Gasteiger partial charge in [-0.1, -0.05) is 170 Å². The second kappa shape index (κ2) is 15.0. The van der Waals surface area contributed by atoms with E-state index in [9.17, 15) is 10.5 Å². The molecule has 4 heterocycles. The summed E-state index contributed by atoms with van der Waals surface area (Å²) in [6, 6.07) is 74.1. The number of thiophene rings is 2. The summed E-state index contributed by atoms with van der Waals surface area (Å²) in [7, 11) is 0. The molecule has 1 aliphatic carbocycles. The van der Waals surface area contributed by atoms with Gasteiger partial charge in [0.05, 0.1) is 54.3 Å². The Morgan fingerprint density at radius 2 is 0.926 bits per heavy atom. The van der Waals surface area contributed by atoms with Gasteiger partial charge in [0.15, 0.2) is 0 Å². The first-order valence-electron chi connectivity index (χ1n) is 22.9. The summed E-state index contributed by atoms with van der Waals surface area (Å²) in [5.74, 6) is 0. The summed E-state index contributed by atoms with van der Waals surface area (Å²) >= 11 is 3.67. The van der Waals surface area contributed by atoms with Crippen molar-refractivity contribution >= 4 is 85.6 Å². The van der Waals surface area contributed by atoms with E-state index in [0.29, 0.717) is 16.7 Å². The van der Waals surface area contributed by atoms with Crippen LogP contribution in [-0.4, -0.2) is 9.13 Å². The van der Waals surface area contributed by atoms with Gasteiger partial charge in [0.2, 0.25) is 0 Å². The van der Waals surface area contributed by atoms with Gasteiger partial charge in [-0.25, -0.2) is 0 Å². The van der Waals surface area contributed by atoms with Crippen LogP contribution in [0.4, 0.5) is 0 Å². The van der Waals surface area contributed by atoms with Crippen LogP contribution >= 0.6 is 22.7 Å². The third-order valence-corrected chi connectivity index (χ3v) is 16.6. The summed E-state index contributed by atoms with van der Waals surface area (Å²) in [6.07, 6.45) is 1.78. The zero-order valence-corrected chi connectivity index (χ0v) is 38.1. The monoisotopic (exact) mass is 900 g/mol. The minimum Gasteiger partial charge on any atom is -0.307 e. The number of nitriles is 2. The number of aromatic nitrogens is 2. The van der Waals surface area contributed by atoms with Crippen LogP contribution in [0.15, 0.2) is 194 Å². The molecule has 68 heavy (non-hydrogen) atoms. The van der Waals surface area contributed by atoms with Crippen LogP contribution in [0.2, 0.25) is 0 Å². The fourth-order valence-corrected chi connectivity index (χ4v) is 13.9. The molecule has 4 nitrogen and oxygen atoms in total. The third kappa shape index (κ3) is 5.45. The number of rotatable bonds is 5. The minimum absolute atomic E-state index is 0.447. The fraction of sp³-hybridized carbons (Fsp3) is 0.0323. The number of aryl methyl sites for hydroxylation is 2. The Balaban J connectivity index is 1.27. The highest BCUT2D eigenvalue weighted by Crippen LogP contribution is 2.55. The van der Waals surface area contributed by atoms with Gasteiger partial charge in [0.1, 0.15) is 12.1 Å². The van der Waals surface area contributed by atoms with Gasteiger partial charge in [-0.3, -0.25) is 0 Å². The van der Waals surface area contributed by atoms with Crippen molar-refractivity contribution in [2.75, 3.05) is 0 Å². The number of hydrogen-bond donors (Lipinski definition) is 0. The van der Waals surface area contributed by atoms with E-state index in [0.717, 1.165) is 85.1 Å². The Morgan fingerprint density at radius 3 is 1.63 bits per heavy atom. The highest BCUT2D eigenvalue weighted by molar-refractivity contribution is 7.26. The van der Waals surface area contributed by atoms with Crippen LogP contribution in [-0.2, 0) is 12.8 Å². The molecule has 0 fully saturated rings. The van der Waals surface area contributed by atoms with Crippen LogP contribution in [0.3, 0.4) is 0 Å². The first-order valence-corrected chi connectivity index (χ1v) is 24.6. The average molecular weight is 901 g/mol. The van der Waals surface area contributed by atoms with Crippen LogP contribution < -0.4 is 0 Å². The molecule has 0 unspecified atom stereocenters. The topological polar surface area (TPSA) is 57.4 Å². The van der Waals surface area contributed by atoms with Crippen LogP contribution in [0.25, 0.3) is 118 Å². The predicted molar refractivity (Wildman–Crippen MR) is 284 cm³/mol. The van der Waals surface area contributed by atoms with Gasteiger partial charge in [0.25, 0.3) is 0 Å². The lowest BCUT2D eigenvalue weighted by Crippen LogP contribution is -2.13. The van der Waals surface area contributed by atoms with Crippen molar-refractivity contribution in [3.05, 3.63) is 216 Å². The van der Waals surface area contributed by atoms with E-state index >= 15 is 0 Å². The molecule has 0 saturated carbocycles. The van der Waals surface area contributed by atoms with Crippen LogP contribution in [0.5, 0.6) is 0 Å². The molecule has 0 aliphatic heterocycles. The predicted octanol–water partition coefficient (Wildman–Crippen LogP) is 16.8. The summed E-state index contributed by atoms with van der Waals surface area (Å²) in [4.78, 5) is 1.23. The maximum atomic E-state index is 12.1. The Kier molecular flexibility index (Phi) is 8.54. The molecule has 0 atom stereocenters. The van der Waals surface area contributed by atoms with Crippen molar-refractivity contribution in [2.45, 2.75) is 12.8 Å². The molecule has 4 aromatic heterocycles. The van der Waals surface area contributed by atoms with Crippen molar-refractivity contribution in [3.63, 3.8) is 0 Å². The van der Waals surface area contributed by atoms with E-state index in [-0.39, 0.29) is 0 Å². The first-order chi connectivity index (χ1) is 33.7. The summed E-state index contributed by atoms with van der Waals surface area (Å²) in [6.45, 7) is 0. The summed E-state index contributed by atoms with van der Waals surface area (Å²) < 4.78 is 8.46. The maximum absolute atomic E-state index is 12.1. The summed E-state index contributed by atoms with van der Waals surface area (Å²) in [5, 5.41) is 31.2. The largest absolute Gasteiger partial charge is 0.307 e. The molecule has 0 N–H and O–H groups in total.